The lowest BCUT2D eigenvalue weighted by Gasteiger charge is -2.18. The maximum atomic E-state index is 11.6. The number of urea groups is 1. The number of aliphatic carboxylic acids is 2. The maximum absolute atomic E-state index is 11.6. The molecule has 0 heterocycles. The Morgan fingerprint density at radius 3 is 2.11 bits per heavy atom. The maximum Gasteiger partial charge on any atom is 0.323 e. The molecule has 0 saturated carbocycles. The van der Waals surface area contributed by atoms with Gasteiger partial charge in [-0.25, -0.2) is 4.79 Å². The number of rotatable bonds is 10. The van der Waals surface area contributed by atoms with Crippen LogP contribution in [0.1, 0.15) is 19.3 Å². The molecule has 7 nitrogen and oxygen atoms in total. The van der Waals surface area contributed by atoms with E-state index in [1.54, 1.807) is 11.8 Å². The lowest BCUT2D eigenvalue weighted by atomic mass is 10.2. The third-order valence-corrected chi connectivity index (χ3v) is 2.94. The summed E-state index contributed by atoms with van der Waals surface area (Å²) in [5.74, 6) is -1.41. The molecule has 0 aromatic rings. The Morgan fingerprint density at radius 2 is 1.63 bits per heavy atom. The Balaban J connectivity index is 3.96. The van der Waals surface area contributed by atoms with Crippen molar-refractivity contribution in [2.45, 2.75) is 19.3 Å². The van der Waals surface area contributed by atoms with Gasteiger partial charge in [-0.15, -0.1) is 0 Å². The third kappa shape index (κ3) is 10.2. The highest BCUT2D eigenvalue weighted by atomic mass is 32.2. The smallest absolute Gasteiger partial charge is 0.323 e. The van der Waals surface area contributed by atoms with Gasteiger partial charge in [0, 0.05) is 6.54 Å². The minimum Gasteiger partial charge on any atom is -0.480 e. The molecule has 0 saturated heterocycles. The van der Waals surface area contributed by atoms with E-state index in [1.807, 2.05) is 6.26 Å². The summed E-state index contributed by atoms with van der Waals surface area (Å²) in [5.41, 5.74) is 0. The topological polar surface area (TPSA) is 107 Å². The number of carboxylic acids is 2. The molecule has 0 fully saturated rings. The molecule has 0 aliphatic heterocycles. The molecule has 0 bridgehead atoms. The first kappa shape index (κ1) is 17.6. The van der Waals surface area contributed by atoms with Gasteiger partial charge in [0.25, 0.3) is 0 Å². The van der Waals surface area contributed by atoms with Gasteiger partial charge < -0.3 is 20.4 Å². The number of nitrogens with zero attached hydrogens (tertiary/aromatic N) is 1. The molecule has 0 rings (SSSR count). The minimum absolute atomic E-state index is 0.420. The fraction of sp³-hybridized carbons (Fsp3) is 0.727. The normalized spacial score (nSPS) is 9.95. The van der Waals surface area contributed by atoms with E-state index in [-0.39, 0.29) is 0 Å². The second-order valence-corrected chi connectivity index (χ2v) is 4.91. The Labute approximate surface area is 116 Å². The van der Waals surface area contributed by atoms with E-state index in [0.717, 1.165) is 29.9 Å². The van der Waals surface area contributed by atoms with E-state index in [4.69, 9.17) is 10.2 Å². The lowest BCUT2D eigenvalue weighted by Crippen LogP contribution is -2.45. The number of carbonyl (C=O) groups excluding carboxylic acids is 1. The number of nitrogens with one attached hydrogen (secondary N) is 1. The summed E-state index contributed by atoms with van der Waals surface area (Å²) in [6.45, 7) is -0.821. The highest BCUT2D eigenvalue weighted by molar-refractivity contribution is 7.98. The zero-order valence-electron chi connectivity index (χ0n) is 10.9. The molecule has 0 aromatic heterocycles. The van der Waals surface area contributed by atoms with Crippen LogP contribution in [0.2, 0.25) is 0 Å². The summed E-state index contributed by atoms with van der Waals surface area (Å²) in [6, 6.07) is -0.658. The molecule has 2 amide bonds. The Hall–Kier alpha value is -1.44. The molecule has 110 valence electrons. The van der Waals surface area contributed by atoms with Crippen LogP contribution in [0.3, 0.4) is 0 Å². The van der Waals surface area contributed by atoms with Gasteiger partial charge in [-0.2, -0.15) is 11.8 Å². The van der Waals surface area contributed by atoms with Crippen molar-refractivity contribution in [3.05, 3.63) is 0 Å². The minimum atomic E-state index is -1.24. The van der Waals surface area contributed by atoms with Gasteiger partial charge in [-0.3, -0.25) is 9.59 Å². The molecule has 0 aromatic carbocycles. The first-order valence-electron chi connectivity index (χ1n) is 5.92. The third-order valence-electron chi connectivity index (χ3n) is 2.24. The van der Waals surface area contributed by atoms with E-state index in [2.05, 4.69) is 5.32 Å². The van der Waals surface area contributed by atoms with Crippen LogP contribution in [-0.2, 0) is 9.59 Å². The van der Waals surface area contributed by atoms with E-state index < -0.39 is 31.1 Å². The molecule has 0 aliphatic carbocycles. The molecule has 0 atom stereocenters. The summed E-state index contributed by atoms with van der Waals surface area (Å²) >= 11 is 1.76. The zero-order chi connectivity index (χ0) is 14.7. The van der Waals surface area contributed by atoms with Crippen molar-refractivity contribution in [1.82, 2.24) is 10.2 Å². The highest BCUT2D eigenvalue weighted by Crippen LogP contribution is 2.01. The van der Waals surface area contributed by atoms with Crippen molar-refractivity contribution in [1.29, 1.82) is 0 Å². The SMILES string of the molecule is CSCCCCCNC(=O)N(CC(=O)O)CC(=O)O. The molecular formula is C11H20N2O5S. The van der Waals surface area contributed by atoms with Crippen LogP contribution in [0.15, 0.2) is 0 Å². The fourth-order valence-electron chi connectivity index (χ4n) is 1.38. The molecule has 0 aliphatic rings. The first-order valence-corrected chi connectivity index (χ1v) is 7.32. The Bertz CT molecular complexity index is 295. The Morgan fingerprint density at radius 1 is 1.05 bits per heavy atom. The van der Waals surface area contributed by atoms with Crippen molar-refractivity contribution >= 4 is 29.7 Å². The summed E-state index contributed by atoms with van der Waals surface area (Å²) in [4.78, 5) is 33.4. The van der Waals surface area contributed by atoms with Gasteiger partial charge in [-0.05, 0) is 24.9 Å². The fourth-order valence-corrected chi connectivity index (χ4v) is 1.87. The lowest BCUT2D eigenvalue weighted by molar-refractivity contribution is -0.140. The van der Waals surface area contributed by atoms with E-state index in [0.29, 0.717) is 6.54 Å². The Kier molecular flexibility index (Phi) is 9.69. The second-order valence-electron chi connectivity index (χ2n) is 3.93. The quantitative estimate of drug-likeness (QED) is 0.512. The van der Waals surface area contributed by atoms with Gasteiger partial charge >= 0.3 is 18.0 Å². The van der Waals surface area contributed by atoms with Crippen LogP contribution in [0.5, 0.6) is 0 Å². The van der Waals surface area contributed by atoms with Gasteiger partial charge in [0.1, 0.15) is 13.1 Å². The number of hydrogen-bond donors (Lipinski definition) is 3. The molecule has 0 radical (unpaired) electrons. The number of carbonyl (C=O) groups is 3. The van der Waals surface area contributed by atoms with Crippen LogP contribution in [-0.4, -0.2) is 64.7 Å². The summed E-state index contributed by atoms with van der Waals surface area (Å²) in [5, 5.41) is 19.7. The standard InChI is InChI=1S/C11H20N2O5S/c1-19-6-4-2-3-5-12-11(18)13(7-9(14)15)8-10(16)17/h2-8H2,1H3,(H,12,18)(H,14,15)(H,16,17). The van der Waals surface area contributed by atoms with E-state index in [1.165, 1.54) is 0 Å². The predicted molar refractivity (Wildman–Crippen MR) is 72.5 cm³/mol. The van der Waals surface area contributed by atoms with Crippen LogP contribution in [0.4, 0.5) is 4.79 Å². The number of carboxylic acid groups (broad SMARTS) is 2. The van der Waals surface area contributed by atoms with Crippen LogP contribution < -0.4 is 5.32 Å². The van der Waals surface area contributed by atoms with Crippen molar-refractivity contribution in [2.75, 3.05) is 31.6 Å². The average molecular weight is 292 g/mol. The van der Waals surface area contributed by atoms with Crippen molar-refractivity contribution < 1.29 is 24.6 Å². The van der Waals surface area contributed by atoms with Crippen molar-refractivity contribution in [2.24, 2.45) is 0 Å². The number of amides is 2. The van der Waals surface area contributed by atoms with Gasteiger partial charge in [0.15, 0.2) is 0 Å². The monoisotopic (exact) mass is 292 g/mol. The molecule has 19 heavy (non-hydrogen) atoms. The summed E-state index contributed by atoms with van der Waals surface area (Å²) in [7, 11) is 0. The van der Waals surface area contributed by atoms with Crippen LogP contribution >= 0.6 is 11.8 Å². The number of thioether (sulfide) groups is 1. The van der Waals surface area contributed by atoms with E-state index >= 15 is 0 Å². The first-order chi connectivity index (χ1) is 8.97. The predicted octanol–water partition coefficient (Wildman–Crippen LogP) is 0.700. The van der Waals surface area contributed by atoms with Crippen LogP contribution in [0.25, 0.3) is 0 Å². The molecule has 3 N–H and O–H groups in total. The van der Waals surface area contributed by atoms with Crippen molar-refractivity contribution in [3.63, 3.8) is 0 Å². The second kappa shape index (κ2) is 10.5. The van der Waals surface area contributed by atoms with Gasteiger partial charge in [-0.1, -0.05) is 6.42 Å². The highest BCUT2D eigenvalue weighted by Gasteiger charge is 2.18. The van der Waals surface area contributed by atoms with E-state index in [9.17, 15) is 14.4 Å². The van der Waals surface area contributed by atoms with Crippen molar-refractivity contribution in [3.8, 4) is 0 Å². The molecule has 0 unspecified atom stereocenters. The number of hydrogen-bond acceptors (Lipinski definition) is 4. The van der Waals surface area contributed by atoms with Gasteiger partial charge in [0.2, 0.25) is 0 Å². The zero-order valence-corrected chi connectivity index (χ0v) is 11.7. The largest absolute Gasteiger partial charge is 0.480 e. The van der Waals surface area contributed by atoms with Crippen LogP contribution in [0, 0.1) is 0 Å². The summed E-state index contributed by atoms with van der Waals surface area (Å²) in [6.07, 6.45) is 4.85. The molecule has 0 spiro atoms. The molecule has 8 heteroatoms. The number of unbranched alkanes of at least 4 members (excludes halogenated alkanes) is 2. The molecular weight excluding hydrogens is 272 g/mol. The van der Waals surface area contributed by atoms with Gasteiger partial charge in [0.05, 0.1) is 0 Å². The average Bonchev–Trinajstić information content (AvgIpc) is 2.31. The summed E-state index contributed by atoms with van der Waals surface area (Å²) < 4.78 is 0.